The van der Waals surface area contributed by atoms with Crippen molar-refractivity contribution in [3.8, 4) is 5.69 Å². The molecule has 6 heteroatoms. The van der Waals surface area contributed by atoms with E-state index < -0.39 is 0 Å². The van der Waals surface area contributed by atoms with Crippen LogP contribution in [0, 0.1) is 0 Å². The molecule has 1 amide bonds. The number of nitrogens with zero attached hydrogens (tertiary/aromatic N) is 3. The number of hydrogen-bond acceptors (Lipinski definition) is 3. The van der Waals surface area contributed by atoms with Crippen LogP contribution in [0.5, 0.6) is 0 Å². The Bertz CT molecular complexity index is 754. The van der Waals surface area contributed by atoms with Crippen molar-refractivity contribution in [2.24, 2.45) is 0 Å². The molecule has 0 unspecified atom stereocenters. The fraction of sp³-hybridized carbons (Fsp3) is 0. The Morgan fingerprint density at radius 1 is 1.24 bits per heavy atom. The molecule has 3 rings (SSSR count). The summed E-state index contributed by atoms with van der Waals surface area (Å²) < 4.78 is 2.70. The van der Waals surface area contributed by atoms with Crippen LogP contribution in [-0.2, 0) is 0 Å². The molecule has 0 atom stereocenters. The number of hydrogen-bond donors (Lipinski definition) is 1. The van der Waals surface area contributed by atoms with Gasteiger partial charge in [-0.25, -0.2) is 9.97 Å². The van der Waals surface area contributed by atoms with Crippen molar-refractivity contribution >= 4 is 27.5 Å². The molecular formula is C15H11BrN4O. The van der Waals surface area contributed by atoms with Gasteiger partial charge in [-0.1, -0.05) is 6.07 Å². The summed E-state index contributed by atoms with van der Waals surface area (Å²) in [7, 11) is 0. The first-order chi connectivity index (χ1) is 10.2. The summed E-state index contributed by atoms with van der Waals surface area (Å²) in [6, 6.07) is 11.0. The number of carbonyl (C=O) groups excluding carboxylic acids is 1. The summed E-state index contributed by atoms with van der Waals surface area (Å²) in [5.41, 5.74) is 2.00. The maximum atomic E-state index is 12.1. The van der Waals surface area contributed by atoms with Crippen LogP contribution in [0.3, 0.4) is 0 Å². The first-order valence-corrected chi connectivity index (χ1v) is 7.03. The van der Waals surface area contributed by atoms with Crippen LogP contribution in [0.2, 0.25) is 0 Å². The predicted molar refractivity (Wildman–Crippen MR) is 83.5 cm³/mol. The number of benzene rings is 1. The lowest BCUT2D eigenvalue weighted by atomic mass is 10.2. The van der Waals surface area contributed by atoms with Crippen LogP contribution >= 0.6 is 15.9 Å². The van der Waals surface area contributed by atoms with Gasteiger partial charge in [0.1, 0.15) is 5.69 Å². The van der Waals surface area contributed by atoms with Gasteiger partial charge in [-0.15, -0.1) is 0 Å². The number of halogens is 1. The van der Waals surface area contributed by atoms with E-state index in [1.54, 1.807) is 30.9 Å². The second kappa shape index (κ2) is 5.88. The van der Waals surface area contributed by atoms with Gasteiger partial charge in [-0.3, -0.25) is 4.79 Å². The minimum Gasteiger partial charge on any atom is -0.321 e. The third kappa shape index (κ3) is 3.17. The first kappa shape index (κ1) is 13.5. The van der Waals surface area contributed by atoms with Gasteiger partial charge in [0.15, 0.2) is 0 Å². The summed E-state index contributed by atoms with van der Waals surface area (Å²) in [6.45, 7) is 0. The quantitative estimate of drug-likeness (QED) is 0.794. The van der Waals surface area contributed by atoms with Crippen LogP contribution in [0.1, 0.15) is 10.5 Å². The van der Waals surface area contributed by atoms with E-state index in [0.717, 1.165) is 10.2 Å². The highest BCUT2D eigenvalue weighted by Gasteiger charge is 2.08. The van der Waals surface area contributed by atoms with Gasteiger partial charge >= 0.3 is 0 Å². The van der Waals surface area contributed by atoms with Crippen molar-refractivity contribution < 1.29 is 4.79 Å². The van der Waals surface area contributed by atoms with Gasteiger partial charge in [0.25, 0.3) is 5.91 Å². The maximum Gasteiger partial charge on any atom is 0.274 e. The number of anilines is 1. The summed E-state index contributed by atoms with van der Waals surface area (Å²) >= 11 is 3.29. The normalized spacial score (nSPS) is 10.3. The molecule has 1 aromatic carbocycles. The Hall–Kier alpha value is -2.47. The summed E-state index contributed by atoms with van der Waals surface area (Å²) in [5, 5.41) is 2.83. The highest BCUT2D eigenvalue weighted by atomic mass is 79.9. The number of amides is 1. The van der Waals surface area contributed by atoms with Crippen molar-refractivity contribution in [3.63, 3.8) is 0 Å². The smallest absolute Gasteiger partial charge is 0.274 e. The maximum absolute atomic E-state index is 12.1. The second-order valence-electron chi connectivity index (χ2n) is 4.34. The molecule has 5 nitrogen and oxygen atoms in total. The Kier molecular flexibility index (Phi) is 3.79. The molecule has 21 heavy (non-hydrogen) atoms. The summed E-state index contributed by atoms with van der Waals surface area (Å²) in [4.78, 5) is 20.2. The first-order valence-electron chi connectivity index (χ1n) is 6.24. The molecule has 104 valence electrons. The Morgan fingerprint density at radius 3 is 2.86 bits per heavy atom. The van der Waals surface area contributed by atoms with Crippen molar-refractivity contribution in [1.29, 1.82) is 0 Å². The molecule has 0 aliphatic heterocycles. The van der Waals surface area contributed by atoms with Gasteiger partial charge in [-0.2, -0.15) is 0 Å². The molecule has 3 aromatic rings. The number of carbonyl (C=O) groups is 1. The number of aromatic nitrogens is 3. The van der Waals surface area contributed by atoms with Crippen molar-refractivity contribution in [2.75, 3.05) is 5.32 Å². The highest BCUT2D eigenvalue weighted by Crippen LogP contribution is 2.15. The zero-order valence-corrected chi connectivity index (χ0v) is 12.5. The molecule has 0 bridgehead atoms. The van der Waals surface area contributed by atoms with E-state index in [0.29, 0.717) is 11.4 Å². The Labute approximate surface area is 129 Å². The number of rotatable bonds is 3. The number of imidazole rings is 1. The number of nitrogens with one attached hydrogen (secondary N) is 1. The lowest BCUT2D eigenvalue weighted by Gasteiger charge is -2.07. The zero-order chi connectivity index (χ0) is 14.7. The van der Waals surface area contributed by atoms with E-state index in [-0.39, 0.29) is 5.91 Å². The monoisotopic (exact) mass is 342 g/mol. The average Bonchev–Trinajstić information content (AvgIpc) is 3.02. The van der Waals surface area contributed by atoms with Crippen LogP contribution < -0.4 is 5.32 Å². The fourth-order valence-corrected chi connectivity index (χ4v) is 2.10. The standard InChI is InChI=1S/C15H11BrN4O/c16-11-4-5-14(18-9-11)15(21)19-12-2-1-3-13(8-12)20-7-6-17-10-20/h1-10H,(H,19,21). The minimum atomic E-state index is -0.245. The predicted octanol–water partition coefficient (Wildman–Crippen LogP) is 3.28. The molecular weight excluding hydrogens is 332 g/mol. The van der Waals surface area contributed by atoms with E-state index in [2.05, 4.69) is 31.2 Å². The van der Waals surface area contributed by atoms with Crippen molar-refractivity contribution in [1.82, 2.24) is 14.5 Å². The molecule has 2 aromatic heterocycles. The van der Waals surface area contributed by atoms with Gasteiger partial charge in [-0.05, 0) is 46.3 Å². The van der Waals surface area contributed by atoms with E-state index in [4.69, 9.17) is 0 Å². The number of pyridine rings is 1. The van der Waals surface area contributed by atoms with Crippen LogP contribution in [0.15, 0.2) is 65.8 Å². The van der Waals surface area contributed by atoms with Gasteiger partial charge in [0.05, 0.1) is 6.33 Å². The molecule has 0 aliphatic rings. The van der Waals surface area contributed by atoms with Crippen molar-refractivity contribution in [2.45, 2.75) is 0 Å². The second-order valence-corrected chi connectivity index (χ2v) is 5.25. The highest BCUT2D eigenvalue weighted by molar-refractivity contribution is 9.10. The average molecular weight is 343 g/mol. The van der Waals surface area contributed by atoms with Crippen LogP contribution in [-0.4, -0.2) is 20.4 Å². The molecule has 1 N–H and O–H groups in total. The van der Waals surface area contributed by atoms with E-state index in [9.17, 15) is 4.79 Å². The lowest BCUT2D eigenvalue weighted by molar-refractivity contribution is 0.102. The SMILES string of the molecule is O=C(Nc1cccc(-n2ccnc2)c1)c1ccc(Br)cn1. The molecule has 2 heterocycles. The van der Waals surface area contributed by atoms with E-state index in [1.165, 1.54) is 0 Å². The molecule has 0 spiro atoms. The molecule has 0 radical (unpaired) electrons. The third-order valence-electron chi connectivity index (χ3n) is 2.87. The minimum absolute atomic E-state index is 0.245. The largest absolute Gasteiger partial charge is 0.321 e. The van der Waals surface area contributed by atoms with Gasteiger partial charge in [0.2, 0.25) is 0 Å². The van der Waals surface area contributed by atoms with Crippen LogP contribution in [0.4, 0.5) is 5.69 Å². The molecule has 0 saturated heterocycles. The van der Waals surface area contributed by atoms with E-state index >= 15 is 0 Å². The topological polar surface area (TPSA) is 59.8 Å². The fourth-order valence-electron chi connectivity index (χ4n) is 1.86. The Morgan fingerprint density at radius 2 is 2.14 bits per heavy atom. The van der Waals surface area contributed by atoms with Crippen LogP contribution in [0.25, 0.3) is 5.69 Å². The van der Waals surface area contributed by atoms with E-state index in [1.807, 2.05) is 35.0 Å². The van der Waals surface area contributed by atoms with Gasteiger partial charge in [0, 0.05) is 34.4 Å². The van der Waals surface area contributed by atoms with Gasteiger partial charge < -0.3 is 9.88 Å². The summed E-state index contributed by atoms with van der Waals surface area (Å²) in [5.74, 6) is -0.245. The lowest BCUT2D eigenvalue weighted by Crippen LogP contribution is -2.13. The molecule has 0 fully saturated rings. The third-order valence-corrected chi connectivity index (χ3v) is 3.34. The molecule has 0 aliphatic carbocycles. The van der Waals surface area contributed by atoms with Crippen molar-refractivity contribution in [3.05, 3.63) is 71.5 Å². The summed E-state index contributed by atoms with van der Waals surface area (Å²) in [6.07, 6.45) is 6.85. The molecule has 0 saturated carbocycles. The Balaban J connectivity index is 1.80. The zero-order valence-electron chi connectivity index (χ0n) is 10.9.